The molecular weight excluding hydrogens is 554 g/mol. The standard InChI is InChI=1S/C33H39NO9/c1-33(2,3)43-29(37)16-15-25(19-35)34-31(38)24-17-27-30(41-20-40-27)28(18-24)42-32(39)23-13-11-21(12-14-23)7-6-9-22-8-4-5-10-26(22)36/h4-8,10-14,17,25,27-28,30,35-36H,9,15-16,18-20H2,1-3H3,(H,34,38)/t25-,27+,28+,30+/m0/s1. The highest BCUT2D eigenvalue weighted by molar-refractivity contribution is 5.94. The van der Waals surface area contributed by atoms with Crippen LogP contribution >= 0.6 is 0 Å². The van der Waals surface area contributed by atoms with E-state index in [0.717, 1.165) is 11.1 Å². The third kappa shape index (κ3) is 9.25. The molecule has 10 heteroatoms. The van der Waals surface area contributed by atoms with E-state index in [1.54, 1.807) is 63.2 Å². The van der Waals surface area contributed by atoms with Crippen LogP contribution in [0.1, 0.15) is 61.5 Å². The van der Waals surface area contributed by atoms with Crippen molar-refractivity contribution in [3.05, 3.63) is 82.9 Å². The molecule has 43 heavy (non-hydrogen) atoms. The molecule has 1 fully saturated rings. The van der Waals surface area contributed by atoms with Crippen LogP contribution in [0.15, 0.2) is 66.3 Å². The Morgan fingerprint density at radius 2 is 1.84 bits per heavy atom. The number of hydrogen-bond acceptors (Lipinski definition) is 9. The van der Waals surface area contributed by atoms with E-state index >= 15 is 0 Å². The first-order valence-electron chi connectivity index (χ1n) is 14.3. The van der Waals surface area contributed by atoms with Gasteiger partial charge in [-0.25, -0.2) is 4.79 Å². The lowest BCUT2D eigenvalue weighted by Crippen LogP contribution is -2.45. The molecule has 1 aliphatic carbocycles. The van der Waals surface area contributed by atoms with Crippen molar-refractivity contribution in [2.45, 2.75) is 76.4 Å². The van der Waals surface area contributed by atoms with Crippen LogP contribution in [0.2, 0.25) is 0 Å². The van der Waals surface area contributed by atoms with Crippen molar-refractivity contribution in [2.75, 3.05) is 13.4 Å². The number of phenolic OH excluding ortho intramolecular Hbond substituents is 1. The van der Waals surface area contributed by atoms with Crippen LogP contribution in [0.25, 0.3) is 6.08 Å². The Hall–Kier alpha value is -3.99. The Kier molecular flexibility index (Phi) is 10.7. The monoisotopic (exact) mass is 593 g/mol. The summed E-state index contributed by atoms with van der Waals surface area (Å²) in [7, 11) is 0. The van der Waals surface area contributed by atoms with Gasteiger partial charge in [-0.05, 0) is 69.0 Å². The number of aromatic hydroxyl groups is 1. The fourth-order valence-electron chi connectivity index (χ4n) is 4.84. The maximum atomic E-state index is 13.1. The van der Waals surface area contributed by atoms with E-state index in [0.29, 0.717) is 17.6 Å². The first-order chi connectivity index (χ1) is 20.5. The maximum absolute atomic E-state index is 13.1. The van der Waals surface area contributed by atoms with Gasteiger partial charge in [0.25, 0.3) is 0 Å². The second-order valence-electron chi connectivity index (χ2n) is 11.6. The van der Waals surface area contributed by atoms with Crippen LogP contribution in [0.3, 0.4) is 0 Å². The summed E-state index contributed by atoms with van der Waals surface area (Å²) in [5, 5.41) is 22.4. The number of aliphatic hydroxyl groups is 1. The van der Waals surface area contributed by atoms with E-state index < -0.39 is 47.8 Å². The summed E-state index contributed by atoms with van der Waals surface area (Å²) in [5.41, 5.74) is 1.75. The molecule has 0 bridgehead atoms. The Bertz CT molecular complexity index is 1340. The van der Waals surface area contributed by atoms with Crippen LogP contribution in [0.5, 0.6) is 5.75 Å². The van der Waals surface area contributed by atoms with Gasteiger partial charge in [-0.2, -0.15) is 0 Å². The van der Waals surface area contributed by atoms with E-state index in [4.69, 9.17) is 18.9 Å². The highest BCUT2D eigenvalue weighted by atomic mass is 16.7. The van der Waals surface area contributed by atoms with Crippen LogP contribution in [0, 0.1) is 0 Å². The fourth-order valence-corrected chi connectivity index (χ4v) is 4.84. The number of benzene rings is 2. The smallest absolute Gasteiger partial charge is 0.338 e. The maximum Gasteiger partial charge on any atom is 0.338 e. The van der Waals surface area contributed by atoms with Crippen molar-refractivity contribution >= 4 is 23.9 Å². The van der Waals surface area contributed by atoms with Crippen molar-refractivity contribution < 1.29 is 43.5 Å². The zero-order valence-electron chi connectivity index (χ0n) is 24.7. The lowest BCUT2D eigenvalue weighted by atomic mass is 9.91. The normalized spacial score (nSPS) is 20.7. The third-order valence-electron chi connectivity index (χ3n) is 7.01. The average Bonchev–Trinajstić information content (AvgIpc) is 3.45. The van der Waals surface area contributed by atoms with E-state index in [1.807, 2.05) is 24.3 Å². The number of carbonyl (C=O) groups is 3. The number of amides is 1. The molecule has 1 aliphatic heterocycles. The number of nitrogens with one attached hydrogen (secondary N) is 1. The van der Waals surface area contributed by atoms with Gasteiger partial charge in [-0.3, -0.25) is 9.59 Å². The molecule has 4 rings (SSSR count). The summed E-state index contributed by atoms with van der Waals surface area (Å²) in [6.07, 6.45) is 4.49. The van der Waals surface area contributed by atoms with Crippen molar-refractivity contribution in [1.29, 1.82) is 0 Å². The molecule has 10 nitrogen and oxygen atoms in total. The molecule has 3 N–H and O–H groups in total. The van der Waals surface area contributed by atoms with E-state index in [1.165, 1.54) is 0 Å². The quantitative estimate of drug-likeness (QED) is 0.332. The van der Waals surface area contributed by atoms with Gasteiger partial charge in [0.2, 0.25) is 5.91 Å². The predicted octanol–water partition coefficient (Wildman–Crippen LogP) is 3.84. The molecule has 1 amide bonds. The SMILES string of the molecule is CC(C)(C)OC(=O)CC[C@@H](CO)NC(=O)C1=C[C@H]2OCO[C@H]2[C@H](OC(=O)c2ccc(C=CCc3ccccc3O)cc2)C1. The Morgan fingerprint density at radius 3 is 2.53 bits per heavy atom. The molecule has 2 aromatic rings. The van der Waals surface area contributed by atoms with Crippen molar-refractivity contribution in [2.24, 2.45) is 0 Å². The van der Waals surface area contributed by atoms with Gasteiger partial charge in [0.15, 0.2) is 0 Å². The number of rotatable bonds is 11. The summed E-state index contributed by atoms with van der Waals surface area (Å²) in [5.74, 6) is -1.18. The Morgan fingerprint density at radius 1 is 1.09 bits per heavy atom. The van der Waals surface area contributed by atoms with Gasteiger partial charge in [0, 0.05) is 18.4 Å². The molecule has 0 spiro atoms. The molecule has 2 aliphatic rings. The summed E-state index contributed by atoms with van der Waals surface area (Å²) < 4.78 is 22.4. The van der Waals surface area contributed by atoms with Gasteiger partial charge >= 0.3 is 11.9 Å². The second kappa shape index (κ2) is 14.5. The highest BCUT2D eigenvalue weighted by Gasteiger charge is 2.42. The molecule has 0 radical (unpaired) electrons. The van der Waals surface area contributed by atoms with Gasteiger partial charge in [0.05, 0.1) is 18.2 Å². The number of aliphatic hydroxyl groups excluding tert-OH is 1. The molecule has 4 atom stereocenters. The van der Waals surface area contributed by atoms with Crippen LogP contribution in [-0.4, -0.2) is 71.4 Å². The third-order valence-corrected chi connectivity index (χ3v) is 7.01. The number of hydrogen-bond donors (Lipinski definition) is 3. The summed E-state index contributed by atoms with van der Waals surface area (Å²) in [6, 6.07) is 13.4. The van der Waals surface area contributed by atoms with Crippen molar-refractivity contribution in [1.82, 2.24) is 5.32 Å². The molecule has 1 heterocycles. The van der Waals surface area contributed by atoms with E-state index in [-0.39, 0.29) is 38.4 Å². The molecule has 0 aromatic heterocycles. The summed E-state index contributed by atoms with van der Waals surface area (Å²) in [6.45, 7) is 4.96. The first kappa shape index (κ1) is 31.9. The minimum Gasteiger partial charge on any atom is -0.508 e. The molecule has 0 saturated carbocycles. The lowest BCUT2D eigenvalue weighted by Gasteiger charge is -2.30. The number of carbonyl (C=O) groups excluding carboxylic acids is 3. The predicted molar refractivity (Wildman–Crippen MR) is 158 cm³/mol. The zero-order valence-corrected chi connectivity index (χ0v) is 24.7. The van der Waals surface area contributed by atoms with Crippen LogP contribution < -0.4 is 5.32 Å². The molecule has 230 valence electrons. The Balaban J connectivity index is 1.33. The lowest BCUT2D eigenvalue weighted by molar-refractivity contribution is -0.155. The second-order valence-corrected chi connectivity index (χ2v) is 11.6. The zero-order chi connectivity index (χ0) is 31.0. The Labute approximate surface area is 251 Å². The number of para-hydroxylation sites is 1. The van der Waals surface area contributed by atoms with Gasteiger partial charge in [0.1, 0.15) is 36.5 Å². The van der Waals surface area contributed by atoms with E-state index in [2.05, 4.69) is 5.32 Å². The number of allylic oxidation sites excluding steroid dienone is 1. The molecular formula is C33H39NO9. The molecule has 0 unspecified atom stereocenters. The number of fused-ring (bicyclic) bond motifs is 1. The van der Waals surface area contributed by atoms with Gasteiger partial charge < -0.3 is 34.5 Å². The molecule has 2 aromatic carbocycles. The number of phenols is 1. The van der Waals surface area contributed by atoms with Crippen LogP contribution in [0.4, 0.5) is 0 Å². The topological polar surface area (TPSA) is 141 Å². The van der Waals surface area contributed by atoms with Crippen LogP contribution in [-0.2, 0) is 35.0 Å². The van der Waals surface area contributed by atoms with Crippen molar-refractivity contribution in [3.63, 3.8) is 0 Å². The largest absolute Gasteiger partial charge is 0.508 e. The average molecular weight is 594 g/mol. The molecule has 1 saturated heterocycles. The summed E-state index contributed by atoms with van der Waals surface area (Å²) in [4.78, 5) is 38.2. The van der Waals surface area contributed by atoms with Gasteiger partial charge in [-0.15, -0.1) is 0 Å². The van der Waals surface area contributed by atoms with E-state index in [9.17, 15) is 24.6 Å². The first-order valence-corrected chi connectivity index (χ1v) is 14.3. The minimum atomic E-state index is -0.766. The number of esters is 2. The highest BCUT2D eigenvalue weighted by Crippen LogP contribution is 2.31. The minimum absolute atomic E-state index is 0.00568. The number of ether oxygens (including phenoxy) is 4. The summed E-state index contributed by atoms with van der Waals surface area (Å²) >= 11 is 0. The van der Waals surface area contributed by atoms with Gasteiger partial charge in [-0.1, -0.05) is 42.5 Å². The van der Waals surface area contributed by atoms with Crippen molar-refractivity contribution in [3.8, 4) is 5.75 Å². The fraction of sp³-hybridized carbons (Fsp3) is 0.424.